The van der Waals surface area contributed by atoms with E-state index in [1.165, 1.54) is 0 Å². The van der Waals surface area contributed by atoms with Crippen LogP contribution in [0.5, 0.6) is 11.5 Å². The van der Waals surface area contributed by atoms with Gasteiger partial charge in [0.15, 0.2) is 11.5 Å². The van der Waals surface area contributed by atoms with Gasteiger partial charge in [-0.05, 0) is 32.8 Å². The maximum Gasteiger partial charge on any atom is 0.165 e. The monoisotopic (exact) mass is 359 g/mol. The molecule has 0 heterocycles. The largest absolute Gasteiger partial charge is 0.493 e. The van der Waals surface area contributed by atoms with Gasteiger partial charge in [-0.3, -0.25) is 0 Å². The SMILES string of the molecule is COc1cc(Cl)cc(CBr)c1OCCCC(C)(C)C#N. The lowest BCUT2D eigenvalue weighted by Crippen LogP contribution is -2.10. The fraction of sp³-hybridized carbons (Fsp3) is 0.533. The first kappa shape index (κ1) is 17.1. The molecular weight excluding hydrogens is 342 g/mol. The Kier molecular flexibility index (Phi) is 6.64. The van der Waals surface area contributed by atoms with Gasteiger partial charge in [0.05, 0.1) is 25.2 Å². The predicted molar refractivity (Wildman–Crippen MR) is 84.8 cm³/mol. The molecule has 1 aromatic carbocycles. The van der Waals surface area contributed by atoms with Crippen LogP contribution in [0.3, 0.4) is 0 Å². The molecule has 0 saturated carbocycles. The highest BCUT2D eigenvalue weighted by molar-refractivity contribution is 9.08. The van der Waals surface area contributed by atoms with Gasteiger partial charge in [0.25, 0.3) is 0 Å². The molecule has 0 saturated heterocycles. The highest BCUT2D eigenvalue weighted by Gasteiger charge is 2.17. The van der Waals surface area contributed by atoms with Crippen molar-refractivity contribution in [2.75, 3.05) is 13.7 Å². The zero-order chi connectivity index (χ0) is 15.2. The van der Waals surface area contributed by atoms with Crippen molar-refractivity contribution in [2.24, 2.45) is 5.41 Å². The number of methoxy groups -OCH3 is 1. The molecule has 5 heteroatoms. The summed E-state index contributed by atoms with van der Waals surface area (Å²) in [7, 11) is 1.59. The van der Waals surface area contributed by atoms with Gasteiger partial charge < -0.3 is 9.47 Å². The molecule has 0 aromatic heterocycles. The van der Waals surface area contributed by atoms with E-state index in [1.54, 1.807) is 13.2 Å². The summed E-state index contributed by atoms with van der Waals surface area (Å²) in [4.78, 5) is 0. The summed E-state index contributed by atoms with van der Waals surface area (Å²) in [6.45, 7) is 4.41. The molecule has 0 atom stereocenters. The van der Waals surface area contributed by atoms with Crippen LogP contribution in [0.1, 0.15) is 32.3 Å². The number of alkyl halides is 1. The quantitative estimate of drug-likeness (QED) is 0.510. The summed E-state index contributed by atoms with van der Waals surface area (Å²) in [5.74, 6) is 1.34. The average molecular weight is 361 g/mol. The van der Waals surface area contributed by atoms with Gasteiger partial charge in [-0.1, -0.05) is 27.5 Å². The Balaban J connectivity index is 2.70. The lowest BCUT2D eigenvalue weighted by molar-refractivity contribution is 0.268. The molecule has 3 nitrogen and oxygen atoms in total. The summed E-state index contributed by atoms with van der Waals surface area (Å²) in [5.41, 5.74) is 0.639. The van der Waals surface area contributed by atoms with Crippen molar-refractivity contribution in [3.05, 3.63) is 22.7 Å². The molecule has 0 unspecified atom stereocenters. The number of nitrogens with zero attached hydrogens (tertiary/aromatic N) is 1. The third-order valence-electron chi connectivity index (χ3n) is 2.96. The predicted octanol–water partition coefficient (Wildman–Crippen LogP) is 4.95. The first-order chi connectivity index (χ1) is 9.43. The van der Waals surface area contributed by atoms with E-state index in [2.05, 4.69) is 22.0 Å². The van der Waals surface area contributed by atoms with Gasteiger partial charge in [-0.25, -0.2) is 0 Å². The minimum atomic E-state index is -0.314. The number of benzene rings is 1. The summed E-state index contributed by atoms with van der Waals surface area (Å²) < 4.78 is 11.1. The highest BCUT2D eigenvalue weighted by atomic mass is 79.9. The van der Waals surface area contributed by atoms with Crippen LogP contribution in [-0.4, -0.2) is 13.7 Å². The average Bonchev–Trinajstić information content (AvgIpc) is 2.43. The van der Waals surface area contributed by atoms with Crippen molar-refractivity contribution >= 4 is 27.5 Å². The minimum Gasteiger partial charge on any atom is -0.493 e. The Hall–Kier alpha value is -0.920. The Morgan fingerprint density at radius 1 is 1.40 bits per heavy atom. The van der Waals surface area contributed by atoms with E-state index < -0.39 is 0 Å². The molecule has 0 aliphatic rings. The van der Waals surface area contributed by atoms with Crippen molar-refractivity contribution in [1.29, 1.82) is 5.26 Å². The molecule has 0 spiro atoms. The molecule has 0 aliphatic heterocycles. The molecule has 110 valence electrons. The molecule has 1 rings (SSSR count). The Bertz CT molecular complexity index is 472. The summed E-state index contributed by atoms with van der Waals surface area (Å²) >= 11 is 9.45. The molecule has 0 amide bonds. The normalized spacial score (nSPS) is 11.0. The summed E-state index contributed by atoms with van der Waals surface area (Å²) in [5, 5.41) is 10.2. The van der Waals surface area contributed by atoms with E-state index in [0.29, 0.717) is 28.5 Å². The lowest BCUT2D eigenvalue weighted by atomic mass is 9.90. The number of hydrogen-bond acceptors (Lipinski definition) is 3. The number of halogens is 2. The first-order valence-corrected chi connectivity index (χ1v) is 7.90. The minimum absolute atomic E-state index is 0.314. The van der Waals surface area contributed by atoms with E-state index >= 15 is 0 Å². The van der Waals surface area contributed by atoms with Gasteiger partial charge in [0.1, 0.15) is 0 Å². The van der Waals surface area contributed by atoms with Crippen molar-refractivity contribution in [3.8, 4) is 17.6 Å². The first-order valence-electron chi connectivity index (χ1n) is 6.40. The zero-order valence-corrected chi connectivity index (χ0v) is 14.3. The zero-order valence-electron chi connectivity index (χ0n) is 12.0. The van der Waals surface area contributed by atoms with Gasteiger partial charge in [-0.15, -0.1) is 0 Å². The number of rotatable bonds is 7. The Morgan fingerprint density at radius 3 is 2.65 bits per heavy atom. The van der Waals surface area contributed by atoms with Crippen LogP contribution < -0.4 is 9.47 Å². The van der Waals surface area contributed by atoms with Crippen LogP contribution in [-0.2, 0) is 5.33 Å². The summed E-state index contributed by atoms with van der Waals surface area (Å²) in [6, 6.07) is 5.88. The third-order valence-corrected chi connectivity index (χ3v) is 3.78. The number of ether oxygens (including phenoxy) is 2. The van der Waals surface area contributed by atoms with E-state index in [9.17, 15) is 0 Å². The van der Waals surface area contributed by atoms with Crippen molar-refractivity contribution in [3.63, 3.8) is 0 Å². The second-order valence-corrected chi connectivity index (χ2v) is 6.17. The number of hydrogen-bond donors (Lipinski definition) is 0. The van der Waals surface area contributed by atoms with Crippen LogP contribution in [0, 0.1) is 16.7 Å². The molecule has 20 heavy (non-hydrogen) atoms. The fourth-order valence-electron chi connectivity index (χ4n) is 1.78. The molecule has 0 radical (unpaired) electrons. The van der Waals surface area contributed by atoms with E-state index in [0.717, 1.165) is 18.4 Å². The van der Waals surface area contributed by atoms with E-state index in [1.807, 2.05) is 19.9 Å². The maximum absolute atomic E-state index is 8.97. The van der Waals surface area contributed by atoms with E-state index in [-0.39, 0.29) is 5.41 Å². The maximum atomic E-state index is 8.97. The van der Waals surface area contributed by atoms with Crippen LogP contribution in [0.15, 0.2) is 12.1 Å². The molecular formula is C15H19BrClNO2. The van der Waals surface area contributed by atoms with Crippen molar-refractivity contribution < 1.29 is 9.47 Å². The standard InChI is InChI=1S/C15H19BrClNO2/c1-15(2,10-18)5-4-6-20-14-11(9-16)7-12(17)8-13(14)19-3/h7-8H,4-6,9H2,1-3H3. The second-order valence-electron chi connectivity index (χ2n) is 5.18. The molecule has 0 bridgehead atoms. The Labute approximate surface area is 134 Å². The van der Waals surface area contributed by atoms with Crippen LogP contribution >= 0.6 is 27.5 Å². The molecule has 0 fully saturated rings. The molecule has 0 N–H and O–H groups in total. The number of nitriles is 1. The van der Waals surface area contributed by atoms with E-state index in [4.69, 9.17) is 26.3 Å². The summed E-state index contributed by atoms with van der Waals surface area (Å²) in [6.07, 6.45) is 1.61. The smallest absolute Gasteiger partial charge is 0.165 e. The van der Waals surface area contributed by atoms with Crippen LogP contribution in [0.2, 0.25) is 5.02 Å². The van der Waals surface area contributed by atoms with Gasteiger partial charge in [0, 0.05) is 22.0 Å². The van der Waals surface area contributed by atoms with Crippen molar-refractivity contribution in [2.45, 2.75) is 32.0 Å². The van der Waals surface area contributed by atoms with Gasteiger partial charge >= 0.3 is 0 Å². The van der Waals surface area contributed by atoms with Crippen molar-refractivity contribution in [1.82, 2.24) is 0 Å². The van der Waals surface area contributed by atoms with Gasteiger partial charge in [-0.2, -0.15) is 5.26 Å². The lowest BCUT2D eigenvalue weighted by Gasteiger charge is -2.17. The topological polar surface area (TPSA) is 42.2 Å². The fourth-order valence-corrected chi connectivity index (χ4v) is 2.43. The highest BCUT2D eigenvalue weighted by Crippen LogP contribution is 2.36. The van der Waals surface area contributed by atoms with Crippen LogP contribution in [0.25, 0.3) is 0 Å². The molecule has 1 aromatic rings. The Morgan fingerprint density at radius 2 is 2.10 bits per heavy atom. The second kappa shape index (κ2) is 7.75. The van der Waals surface area contributed by atoms with Crippen LogP contribution in [0.4, 0.5) is 0 Å². The third kappa shape index (κ3) is 4.88. The van der Waals surface area contributed by atoms with Gasteiger partial charge in [0.2, 0.25) is 0 Å². The molecule has 0 aliphatic carbocycles.